The molecule has 2 saturated heterocycles. The lowest BCUT2D eigenvalue weighted by Gasteiger charge is -2.44. The molecule has 2 heteroatoms. The summed E-state index contributed by atoms with van der Waals surface area (Å²) in [6.45, 7) is 6.22. The number of nitrogens with zero attached hydrogens (tertiary/aromatic N) is 1. The van der Waals surface area contributed by atoms with Crippen LogP contribution in [0.3, 0.4) is 0 Å². The molecular weight excluding hydrogens is 244 g/mol. The fourth-order valence-electron chi connectivity index (χ4n) is 5.16. The Bertz CT molecular complexity index is 286. The van der Waals surface area contributed by atoms with Crippen molar-refractivity contribution in [3.05, 3.63) is 0 Å². The van der Waals surface area contributed by atoms with Crippen LogP contribution in [-0.2, 0) is 0 Å². The Hall–Kier alpha value is -0.0800. The van der Waals surface area contributed by atoms with Crippen LogP contribution in [0.5, 0.6) is 0 Å². The average Bonchev–Trinajstić information content (AvgIpc) is 2.83. The first-order valence-corrected chi connectivity index (χ1v) is 9.29. The van der Waals surface area contributed by atoms with Gasteiger partial charge in [0.25, 0.3) is 0 Å². The summed E-state index contributed by atoms with van der Waals surface area (Å²) in [4.78, 5) is 2.92. The van der Waals surface area contributed by atoms with Crippen molar-refractivity contribution in [2.45, 2.75) is 102 Å². The van der Waals surface area contributed by atoms with E-state index in [1.165, 1.54) is 70.8 Å². The normalized spacial score (nSPS) is 36.5. The van der Waals surface area contributed by atoms with Crippen molar-refractivity contribution >= 4 is 0 Å². The van der Waals surface area contributed by atoms with Gasteiger partial charge >= 0.3 is 0 Å². The Balaban J connectivity index is 1.64. The molecule has 3 unspecified atom stereocenters. The summed E-state index contributed by atoms with van der Waals surface area (Å²) in [6.07, 6.45) is 14.4. The fourth-order valence-corrected chi connectivity index (χ4v) is 5.16. The van der Waals surface area contributed by atoms with Gasteiger partial charge in [0.15, 0.2) is 0 Å². The zero-order valence-electron chi connectivity index (χ0n) is 13.6. The van der Waals surface area contributed by atoms with Gasteiger partial charge in [0.2, 0.25) is 0 Å². The third kappa shape index (κ3) is 3.22. The Morgan fingerprint density at radius 1 is 1.00 bits per heavy atom. The lowest BCUT2D eigenvalue weighted by atomic mass is 9.82. The topological polar surface area (TPSA) is 15.3 Å². The largest absolute Gasteiger partial charge is 0.311 e. The van der Waals surface area contributed by atoms with Gasteiger partial charge in [0, 0.05) is 24.2 Å². The van der Waals surface area contributed by atoms with Gasteiger partial charge in [-0.3, -0.25) is 4.90 Å². The lowest BCUT2D eigenvalue weighted by Crippen LogP contribution is -2.53. The van der Waals surface area contributed by atoms with Crippen molar-refractivity contribution in [2.75, 3.05) is 6.54 Å². The predicted octanol–water partition coefficient (Wildman–Crippen LogP) is 3.95. The molecule has 3 atom stereocenters. The monoisotopic (exact) mass is 278 g/mol. The van der Waals surface area contributed by atoms with Crippen LogP contribution in [-0.4, -0.2) is 35.6 Å². The van der Waals surface area contributed by atoms with Crippen molar-refractivity contribution in [3.63, 3.8) is 0 Å². The van der Waals surface area contributed by atoms with E-state index < -0.39 is 0 Å². The molecule has 0 amide bonds. The summed E-state index contributed by atoms with van der Waals surface area (Å²) in [7, 11) is 0. The lowest BCUT2D eigenvalue weighted by molar-refractivity contribution is 0.0593. The van der Waals surface area contributed by atoms with E-state index >= 15 is 0 Å². The summed E-state index contributed by atoms with van der Waals surface area (Å²) in [5.41, 5.74) is 0. The second-order valence-electron chi connectivity index (χ2n) is 7.64. The van der Waals surface area contributed by atoms with Gasteiger partial charge in [0.1, 0.15) is 0 Å². The molecule has 0 aromatic carbocycles. The molecule has 2 bridgehead atoms. The van der Waals surface area contributed by atoms with Gasteiger partial charge in [-0.2, -0.15) is 0 Å². The molecule has 2 nitrogen and oxygen atoms in total. The van der Waals surface area contributed by atoms with Crippen LogP contribution in [0.15, 0.2) is 0 Å². The van der Waals surface area contributed by atoms with Crippen LogP contribution in [0, 0.1) is 5.92 Å². The van der Waals surface area contributed by atoms with E-state index in [0.29, 0.717) is 0 Å². The number of nitrogens with one attached hydrogen (secondary N) is 1. The van der Waals surface area contributed by atoms with E-state index in [-0.39, 0.29) is 0 Å². The molecule has 3 fully saturated rings. The highest BCUT2D eigenvalue weighted by Gasteiger charge is 2.38. The number of hydrogen-bond donors (Lipinski definition) is 1. The molecule has 0 aromatic rings. The highest BCUT2D eigenvalue weighted by atomic mass is 15.2. The quantitative estimate of drug-likeness (QED) is 0.819. The van der Waals surface area contributed by atoms with E-state index in [9.17, 15) is 0 Å². The van der Waals surface area contributed by atoms with Gasteiger partial charge < -0.3 is 5.32 Å². The summed E-state index contributed by atoms with van der Waals surface area (Å²) in [6, 6.07) is 3.34. The molecule has 0 aromatic heterocycles. The SMILES string of the molecule is CCCN(C1CC2CCC(C1)N2)C(C)C1CCCCC1. The van der Waals surface area contributed by atoms with Crippen LogP contribution in [0.4, 0.5) is 0 Å². The van der Waals surface area contributed by atoms with Crippen LogP contribution >= 0.6 is 0 Å². The summed E-state index contributed by atoms with van der Waals surface area (Å²) in [5.74, 6) is 0.975. The molecule has 2 aliphatic heterocycles. The molecule has 1 N–H and O–H groups in total. The van der Waals surface area contributed by atoms with Crippen LogP contribution < -0.4 is 5.32 Å². The molecule has 116 valence electrons. The van der Waals surface area contributed by atoms with Crippen molar-refractivity contribution in [1.29, 1.82) is 0 Å². The molecule has 0 spiro atoms. The van der Waals surface area contributed by atoms with Gasteiger partial charge in [-0.25, -0.2) is 0 Å². The molecule has 2 heterocycles. The van der Waals surface area contributed by atoms with E-state index in [2.05, 4.69) is 24.1 Å². The number of fused-ring (bicyclic) bond motifs is 2. The zero-order valence-corrected chi connectivity index (χ0v) is 13.6. The van der Waals surface area contributed by atoms with Crippen molar-refractivity contribution < 1.29 is 0 Å². The highest BCUT2D eigenvalue weighted by Crippen LogP contribution is 2.35. The molecule has 1 aliphatic carbocycles. The summed E-state index contributed by atoms with van der Waals surface area (Å²) < 4.78 is 0. The minimum absolute atomic E-state index is 0.817. The van der Waals surface area contributed by atoms with Crippen molar-refractivity contribution in [3.8, 4) is 0 Å². The summed E-state index contributed by atoms with van der Waals surface area (Å²) >= 11 is 0. The number of hydrogen-bond acceptors (Lipinski definition) is 2. The molecular formula is C18H34N2. The summed E-state index contributed by atoms with van der Waals surface area (Å²) in [5, 5.41) is 3.81. The number of rotatable bonds is 5. The van der Waals surface area contributed by atoms with E-state index in [1.807, 2.05) is 0 Å². The number of piperidine rings is 1. The third-order valence-corrected chi connectivity index (χ3v) is 6.25. The fraction of sp³-hybridized carbons (Fsp3) is 1.00. The maximum atomic E-state index is 3.81. The minimum atomic E-state index is 0.817. The Morgan fingerprint density at radius 2 is 1.65 bits per heavy atom. The Morgan fingerprint density at radius 3 is 2.25 bits per heavy atom. The highest BCUT2D eigenvalue weighted by molar-refractivity contribution is 4.97. The van der Waals surface area contributed by atoms with Gasteiger partial charge in [-0.1, -0.05) is 26.2 Å². The van der Waals surface area contributed by atoms with E-state index in [4.69, 9.17) is 0 Å². The van der Waals surface area contributed by atoms with Crippen LogP contribution in [0.25, 0.3) is 0 Å². The molecule has 3 rings (SSSR count). The van der Waals surface area contributed by atoms with Crippen molar-refractivity contribution in [1.82, 2.24) is 10.2 Å². The maximum absolute atomic E-state index is 3.81. The first-order chi connectivity index (χ1) is 9.78. The molecule has 20 heavy (non-hydrogen) atoms. The molecule has 1 saturated carbocycles. The minimum Gasteiger partial charge on any atom is -0.311 e. The molecule has 0 radical (unpaired) electrons. The third-order valence-electron chi connectivity index (χ3n) is 6.25. The molecule has 3 aliphatic rings. The van der Waals surface area contributed by atoms with Crippen LogP contribution in [0.1, 0.15) is 78.1 Å². The standard InChI is InChI=1S/C18H34N2/c1-3-11-20(14(2)15-7-5-4-6-8-15)18-12-16-9-10-17(13-18)19-16/h14-19H,3-13H2,1-2H3. The maximum Gasteiger partial charge on any atom is 0.0128 e. The first kappa shape index (κ1) is 14.8. The van der Waals surface area contributed by atoms with Gasteiger partial charge in [-0.15, -0.1) is 0 Å². The predicted molar refractivity (Wildman–Crippen MR) is 86.0 cm³/mol. The zero-order chi connectivity index (χ0) is 13.9. The Labute approximate surface area is 125 Å². The second-order valence-corrected chi connectivity index (χ2v) is 7.64. The van der Waals surface area contributed by atoms with E-state index in [1.54, 1.807) is 0 Å². The smallest absolute Gasteiger partial charge is 0.0128 e. The van der Waals surface area contributed by atoms with E-state index in [0.717, 1.165) is 30.1 Å². The average molecular weight is 278 g/mol. The second kappa shape index (κ2) is 6.79. The first-order valence-electron chi connectivity index (χ1n) is 9.29. The van der Waals surface area contributed by atoms with Gasteiger partial charge in [0.05, 0.1) is 0 Å². The van der Waals surface area contributed by atoms with Gasteiger partial charge in [-0.05, 0) is 64.3 Å². The van der Waals surface area contributed by atoms with Crippen LogP contribution in [0.2, 0.25) is 0 Å². The van der Waals surface area contributed by atoms with Crippen molar-refractivity contribution in [2.24, 2.45) is 5.92 Å². The Kier molecular flexibility index (Phi) is 5.04.